The molecule has 0 aliphatic rings. The smallest absolute Gasteiger partial charge is 0.173 e. The fourth-order valence-electron chi connectivity index (χ4n) is 0.510. The number of rotatable bonds is 0. The van der Waals surface area contributed by atoms with Crippen molar-refractivity contribution in [2.24, 2.45) is 0 Å². The van der Waals surface area contributed by atoms with E-state index in [1.807, 2.05) is 0 Å². The lowest BCUT2D eigenvalue weighted by Crippen LogP contribution is -2.12. The molecule has 1 aromatic heterocycles. The summed E-state index contributed by atoms with van der Waals surface area (Å²) in [6.45, 7) is 6.35. The predicted molar refractivity (Wildman–Crippen MR) is 51.3 cm³/mol. The Bertz CT molecular complexity index is 226. The van der Waals surface area contributed by atoms with Gasteiger partial charge in [0.15, 0.2) is 3.01 Å². The molecule has 56 valence electrons. The minimum Gasteiger partial charge on any atom is -0.213 e. The van der Waals surface area contributed by atoms with E-state index >= 15 is 0 Å². The first-order valence-corrected chi connectivity index (χ1v) is 4.85. The van der Waals surface area contributed by atoms with Gasteiger partial charge >= 0.3 is 0 Å². The second kappa shape index (κ2) is 2.73. The summed E-state index contributed by atoms with van der Waals surface area (Å²) < 4.78 is 5.23. The largest absolute Gasteiger partial charge is 0.213 e. The van der Waals surface area contributed by atoms with Gasteiger partial charge < -0.3 is 0 Å². The molecule has 0 aromatic carbocycles. The van der Waals surface area contributed by atoms with Gasteiger partial charge in [-0.15, -0.1) is 0 Å². The van der Waals surface area contributed by atoms with E-state index in [2.05, 4.69) is 52.7 Å². The summed E-state index contributed by atoms with van der Waals surface area (Å²) >= 11 is 3.64. The van der Waals surface area contributed by atoms with Crippen LogP contribution in [0.1, 0.15) is 26.6 Å². The van der Waals surface area contributed by atoms with Gasteiger partial charge in [-0.2, -0.15) is 4.37 Å². The lowest BCUT2D eigenvalue weighted by molar-refractivity contribution is 0.554. The van der Waals surface area contributed by atoms with E-state index in [0.29, 0.717) is 0 Å². The molecule has 0 N–H and O–H groups in total. The number of halogens is 1. The molecule has 0 amide bonds. The topological polar surface area (TPSA) is 25.8 Å². The van der Waals surface area contributed by atoms with Crippen LogP contribution in [0.3, 0.4) is 0 Å². The zero-order valence-electron chi connectivity index (χ0n) is 6.18. The fourth-order valence-corrected chi connectivity index (χ4v) is 1.64. The van der Waals surface area contributed by atoms with Gasteiger partial charge in [0, 0.05) is 5.41 Å². The molecular formula is C6H9IN2S. The van der Waals surface area contributed by atoms with Crippen molar-refractivity contribution < 1.29 is 0 Å². The maximum absolute atomic E-state index is 4.28. The van der Waals surface area contributed by atoms with E-state index < -0.39 is 0 Å². The molecule has 0 atom stereocenters. The van der Waals surface area contributed by atoms with Gasteiger partial charge in [-0.25, -0.2) is 4.98 Å². The summed E-state index contributed by atoms with van der Waals surface area (Å²) in [6.07, 6.45) is 0. The summed E-state index contributed by atoms with van der Waals surface area (Å²) in [6, 6.07) is 0. The lowest BCUT2D eigenvalue weighted by atomic mass is 9.96. The van der Waals surface area contributed by atoms with Crippen molar-refractivity contribution in [1.29, 1.82) is 0 Å². The van der Waals surface area contributed by atoms with Gasteiger partial charge in [0.25, 0.3) is 0 Å². The average Bonchev–Trinajstić information content (AvgIpc) is 2.11. The first-order valence-electron chi connectivity index (χ1n) is 3.00. The van der Waals surface area contributed by atoms with Crippen LogP contribution in [-0.2, 0) is 5.41 Å². The van der Waals surface area contributed by atoms with Crippen LogP contribution < -0.4 is 0 Å². The van der Waals surface area contributed by atoms with Crippen molar-refractivity contribution in [3.8, 4) is 0 Å². The van der Waals surface area contributed by atoms with Crippen LogP contribution in [0.2, 0.25) is 0 Å². The van der Waals surface area contributed by atoms with Crippen LogP contribution >= 0.6 is 34.1 Å². The Hall–Kier alpha value is 0.290. The quantitative estimate of drug-likeness (QED) is 0.675. The Morgan fingerprint density at radius 2 is 2.00 bits per heavy atom. The van der Waals surface area contributed by atoms with E-state index in [-0.39, 0.29) is 5.41 Å². The zero-order valence-corrected chi connectivity index (χ0v) is 9.15. The van der Waals surface area contributed by atoms with Gasteiger partial charge in [0.2, 0.25) is 0 Å². The fraction of sp³-hybridized carbons (Fsp3) is 0.667. The Labute approximate surface area is 78.4 Å². The molecule has 1 heterocycles. The van der Waals surface area contributed by atoms with E-state index in [1.54, 1.807) is 0 Å². The first-order chi connectivity index (χ1) is 4.50. The van der Waals surface area contributed by atoms with E-state index in [0.717, 1.165) is 8.84 Å². The number of aromatic nitrogens is 2. The van der Waals surface area contributed by atoms with Crippen LogP contribution in [-0.4, -0.2) is 9.36 Å². The number of nitrogens with zero attached hydrogens (tertiary/aromatic N) is 2. The average molecular weight is 268 g/mol. The molecule has 0 bridgehead atoms. The molecule has 1 rings (SSSR count). The van der Waals surface area contributed by atoms with Crippen LogP contribution in [0, 0.1) is 3.01 Å². The van der Waals surface area contributed by atoms with Crippen LogP contribution in [0.4, 0.5) is 0 Å². The van der Waals surface area contributed by atoms with Crippen LogP contribution in [0.15, 0.2) is 0 Å². The van der Waals surface area contributed by atoms with Crippen molar-refractivity contribution in [3.63, 3.8) is 0 Å². The molecule has 0 saturated carbocycles. The maximum Gasteiger partial charge on any atom is 0.173 e. The lowest BCUT2D eigenvalue weighted by Gasteiger charge is -2.11. The van der Waals surface area contributed by atoms with Gasteiger partial charge in [-0.3, -0.25) is 0 Å². The summed E-state index contributed by atoms with van der Waals surface area (Å²) in [4.78, 5) is 4.28. The molecule has 0 unspecified atom stereocenters. The highest BCUT2D eigenvalue weighted by atomic mass is 127. The third-order valence-electron chi connectivity index (χ3n) is 1.07. The molecule has 0 aliphatic carbocycles. The molecule has 10 heavy (non-hydrogen) atoms. The molecule has 0 fully saturated rings. The molecular weight excluding hydrogens is 259 g/mol. The number of hydrogen-bond donors (Lipinski definition) is 0. The molecule has 2 nitrogen and oxygen atoms in total. The Morgan fingerprint density at radius 3 is 2.20 bits per heavy atom. The summed E-state index contributed by atoms with van der Waals surface area (Å²) in [5.41, 5.74) is 0.0971. The first kappa shape index (κ1) is 8.39. The van der Waals surface area contributed by atoms with Crippen molar-refractivity contribution in [3.05, 3.63) is 8.84 Å². The van der Waals surface area contributed by atoms with E-state index in [9.17, 15) is 0 Å². The standard InChI is InChI=1S/C6H9IN2S/c1-6(2,3)4-8-5(7)10-9-4/h1-3H3. The normalized spacial score (nSPS) is 12.0. The third-order valence-corrected chi connectivity index (χ3v) is 2.41. The summed E-state index contributed by atoms with van der Waals surface area (Å²) in [7, 11) is 0. The summed E-state index contributed by atoms with van der Waals surface area (Å²) in [5.74, 6) is 0.946. The Balaban J connectivity index is 2.96. The van der Waals surface area contributed by atoms with Gasteiger partial charge in [-0.1, -0.05) is 20.8 Å². The van der Waals surface area contributed by atoms with Crippen molar-refractivity contribution in [2.75, 3.05) is 0 Å². The minimum absolute atomic E-state index is 0.0971. The monoisotopic (exact) mass is 268 g/mol. The van der Waals surface area contributed by atoms with Crippen LogP contribution in [0.25, 0.3) is 0 Å². The van der Waals surface area contributed by atoms with Crippen LogP contribution in [0.5, 0.6) is 0 Å². The zero-order chi connectivity index (χ0) is 7.78. The van der Waals surface area contributed by atoms with E-state index in [4.69, 9.17) is 0 Å². The molecule has 0 radical (unpaired) electrons. The molecule has 1 aromatic rings. The number of hydrogen-bond acceptors (Lipinski definition) is 3. The molecule has 0 saturated heterocycles. The third kappa shape index (κ3) is 1.88. The minimum atomic E-state index is 0.0971. The van der Waals surface area contributed by atoms with Gasteiger partial charge in [0.1, 0.15) is 5.82 Å². The SMILES string of the molecule is CC(C)(C)c1nsc(I)n1. The van der Waals surface area contributed by atoms with Gasteiger partial charge in [0.05, 0.1) is 0 Å². The highest BCUT2D eigenvalue weighted by Gasteiger charge is 2.18. The maximum atomic E-state index is 4.28. The predicted octanol–water partition coefficient (Wildman–Crippen LogP) is 2.44. The van der Waals surface area contributed by atoms with Crippen molar-refractivity contribution >= 4 is 34.1 Å². The highest BCUT2D eigenvalue weighted by molar-refractivity contribution is 14.1. The second-order valence-corrected chi connectivity index (χ2v) is 5.63. The molecule has 4 heteroatoms. The Morgan fingerprint density at radius 1 is 1.40 bits per heavy atom. The second-order valence-electron chi connectivity index (χ2n) is 3.12. The van der Waals surface area contributed by atoms with E-state index in [1.165, 1.54) is 11.5 Å². The van der Waals surface area contributed by atoms with Gasteiger partial charge in [-0.05, 0) is 34.1 Å². The van der Waals surface area contributed by atoms with Crippen molar-refractivity contribution in [2.45, 2.75) is 26.2 Å². The molecule has 0 spiro atoms. The molecule has 0 aliphatic heterocycles. The highest BCUT2D eigenvalue weighted by Crippen LogP contribution is 2.20. The Kier molecular flexibility index (Phi) is 2.29. The van der Waals surface area contributed by atoms with Crippen molar-refractivity contribution in [1.82, 2.24) is 9.36 Å². The summed E-state index contributed by atoms with van der Waals surface area (Å²) in [5, 5.41) is 0.